The molecular weight excluding hydrogens is 438 g/mol. The maximum absolute atomic E-state index is 13.5. The van der Waals surface area contributed by atoms with Crippen molar-refractivity contribution in [2.75, 3.05) is 13.7 Å². The Morgan fingerprint density at radius 2 is 1.52 bits per heavy atom. The highest BCUT2D eigenvalue weighted by Gasteiger charge is 2.46. The molecule has 0 saturated heterocycles. The fourth-order valence-electron chi connectivity index (χ4n) is 5.47. The maximum atomic E-state index is 13.5. The van der Waals surface area contributed by atoms with E-state index in [-0.39, 0.29) is 22.4 Å². The van der Waals surface area contributed by atoms with E-state index in [0.717, 1.165) is 36.2 Å². The lowest BCUT2D eigenvalue weighted by Gasteiger charge is -2.44. The molecule has 1 heterocycles. The van der Waals surface area contributed by atoms with Crippen molar-refractivity contribution < 1.29 is 19.1 Å². The summed E-state index contributed by atoms with van der Waals surface area (Å²) in [5.41, 5.74) is 3.80. The van der Waals surface area contributed by atoms with Crippen LogP contribution in [-0.2, 0) is 9.59 Å². The number of nitrogens with one attached hydrogen (secondary N) is 1. The monoisotopic (exact) mass is 471 g/mol. The van der Waals surface area contributed by atoms with Gasteiger partial charge in [-0.1, -0.05) is 46.2 Å². The zero-order chi connectivity index (χ0) is 24.1. The van der Waals surface area contributed by atoms with Gasteiger partial charge in [-0.3, -0.25) is 9.59 Å². The van der Waals surface area contributed by atoms with Crippen LogP contribution in [0.3, 0.4) is 0 Å². The Balaban J connectivity index is 1.91. The van der Waals surface area contributed by atoms with E-state index in [2.05, 4.69) is 33.0 Å². The second kappa shape index (κ2) is 8.50. The van der Waals surface area contributed by atoms with Crippen molar-refractivity contribution in [3.8, 4) is 11.5 Å². The molecular formula is C27H34ClNO4. The number of rotatable bonds is 5. The molecule has 33 heavy (non-hydrogen) atoms. The van der Waals surface area contributed by atoms with E-state index in [1.54, 1.807) is 7.11 Å². The predicted molar refractivity (Wildman–Crippen MR) is 130 cm³/mol. The van der Waals surface area contributed by atoms with Gasteiger partial charge < -0.3 is 14.8 Å². The molecule has 0 aromatic heterocycles. The number of Topliss-reactive ketones (excluding diaryl/α,β-unsaturated/α-hetero) is 2. The fourth-order valence-corrected chi connectivity index (χ4v) is 5.75. The van der Waals surface area contributed by atoms with E-state index in [4.69, 9.17) is 21.1 Å². The minimum Gasteiger partial charge on any atom is -0.493 e. The van der Waals surface area contributed by atoms with Gasteiger partial charge in [-0.15, -0.1) is 0 Å². The van der Waals surface area contributed by atoms with E-state index in [1.807, 2.05) is 19.1 Å². The highest BCUT2D eigenvalue weighted by molar-refractivity contribution is 6.32. The number of hydrogen-bond donors (Lipinski definition) is 1. The van der Waals surface area contributed by atoms with Crippen LogP contribution in [0.1, 0.15) is 78.2 Å². The summed E-state index contributed by atoms with van der Waals surface area (Å²) < 4.78 is 11.5. The molecule has 1 aromatic carbocycles. The van der Waals surface area contributed by atoms with Crippen LogP contribution in [0.2, 0.25) is 5.02 Å². The lowest BCUT2D eigenvalue weighted by molar-refractivity contribution is -0.119. The first-order valence-electron chi connectivity index (χ1n) is 11.8. The van der Waals surface area contributed by atoms with Gasteiger partial charge in [0.25, 0.3) is 0 Å². The lowest BCUT2D eigenvalue weighted by atomic mass is 9.64. The van der Waals surface area contributed by atoms with Gasteiger partial charge in [0.05, 0.1) is 18.7 Å². The first-order chi connectivity index (χ1) is 15.5. The Kier molecular flexibility index (Phi) is 6.15. The summed E-state index contributed by atoms with van der Waals surface area (Å²) in [4.78, 5) is 26.9. The number of methoxy groups -OCH3 is 1. The molecule has 3 aliphatic rings. The van der Waals surface area contributed by atoms with E-state index >= 15 is 0 Å². The number of benzene rings is 1. The summed E-state index contributed by atoms with van der Waals surface area (Å²) in [7, 11) is 1.58. The van der Waals surface area contributed by atoms with Gasteiger partial charge in [0, 0.05) is 41.3 Å². The van der Waals surface area contributed by atoms with Crippen LogP contribution in [0.25, 0.3) is 0 Å². The van der Waals surface area contributed by atoms with Gasteiger partial charge in [0.15, 0.2) is 23.1 Å². The Morgan fingerprint density at radius 3 is 2.00 bits per heavy atom. The van der Waals surface area contributed by atoms with Gasteiger partial charge in [-0.25, -0.2) is 0 Å². The Labute approximate surface area is 201 Å². The maximum Gasteiger partial charge on any atom is 0.179 e. The average Bonchev–Trinajstić information content (AvgIpc) is 2.68. The number of allylic oxidation sites excluding steroid dienone is 4. The smallest absolute Gasteiger partial charge is 0.179 e. The summed E-state index contributed by atoms with van der Waals surface area (Å²) in [5, 5.41) is 3.96. The highest BCUT2D eigenvalue weighted by atomic mass is 35.5. The van der Waals surface area contributed by atoms with Crippen molar-refractivity contribution in [1.82, 2.24) is 5.32 Å². The molecule has 0 atom stereocenters. The number of dihydropyridines is 1. The summed E-state index contributed by atoms with van der Waals surface area (Å²) in [6, 6.07) is 3.71. The zero-order valence-corrected chi connectivity index (χ0v) is 21.2. The van der Waals surface area contributed by atoms with Crippen LogP contribution >= 0.6 is 11.6 Å². The summed E-state index contributed by atoms with van der Waals surface area (Å²) >= 11 is 6.66. The molecule has 2 aliphatic carbocycles. The molecule has 0 radical (unpaired) electrons. The molecule has 178 valence electrons. The molecule has 1 aromatic rings. The second-order valence-corrected chi connectivity index (χ2v) is 11.5. The molecule has 1 N–H and O–H groups in total. The van der Waals surface area contributed by atoms with Gasteiger partial charge >= 0.3 is 0 Å². The largest absolute Gasteiger partial charge is 0.493 e. The number of carbonyl (C=O) groups is 2. The van der Waals surface area contributed by atoms with E-state index in [1.165, 1.54) is 0 Å². The first kappa shape index (κ1) is 23.9. The van der Waals surface area contributed by atoms with E-state index in [0.29, 0.717) is 47.1 Å². The SMILES string of the molecule is CCCOc1c(Cl)cc(C2C3=C(CC(C)(C)CC3=O)NC3=C2C(=O)CC(C)(C)C3)cc1OC. The molecule has 1 aliphatic heterocycles. The molecule has 0 amide bonds. The summed E-state index contributed by atoms with van der Waals surface area (Å²) in [5.74, 6) is 0.735. The predicted octanol–water partition coefficient (Wildman–Crippen LogP) is 6.11. The van der Waals surface area contributed by atoms with Crippen molar-refractivity contribution in [3.05, 3.63) is 45.3 Å². The normalized spacial score (nSPS) is 22.0. The van der Waals surface area contributed by atoms with Gasteiger partial charge in [0.1, 0.15) is 0 Å². The van der Waals surface area contributed by atoms with Crippen LogP contribution in [0.5, 0.6) is 11.5 Å². The second-order valence-electron chi connectivity index (χ2n) is 11.1. The zero-order valence-electron chi connectivity index (χ0n) is 20.5. The Hall–Kier alpha value is -2.27. The number of hydrogen-bond acceptors (Lipinski definition) is 5. The third-order valence-corrected chi connectivity index (χ3v) is 7.04. The number of ether oxygens (including phenoxy) is 2. The number of carbonyl (C=O) groups excluding carboxylic acids is 2. The third-order valence-electron chi connectivity index (χ3n) is 6.75. The molecule has 5 nitrogen and oxygen atoms in total. The van der Waals surface area contributed by atoms with Crippen molar-refractivity contribution in [2.45, 2.75) is 72.6 Å². The van der Waals surface area contributed by atoms with Crippen LogP contribution in [0.4, 0.5) is 0 Å². The topological polar surface area (TPSA) is 64.6 Å². The van der Waals surface area contributed by atoms with Crippen LogP contribution in [0.15, 0.2) is 34.7 Å². The van der Waals surface area contributed by atoms with E-state index < -0.39 is 5.92 Å². The fraction of sp³-hybridized carbons (Fsp3) is 0.556. The molecule has 6 heteroatoms. The Bertz CT molecular complexity index is 1030. The van der Waals surface area contributed by atoms with Gasteiger partial charge in [-0.2, -0.15) is 0 Å². The Morgan fingerprint density at radius 1 is 0.970 bits per heavy atom. The van der Waals surface area contributed by atoms with Gasteiger partial charge in [-0.05, 0) is 47.8 Å². The molecule has 0 saturated carbocycles. The summed E-state index contributed by atoms with van der Waals surface area (Å²) in [6.45, 7) is 11.0. The first-order valence-corrected chi connectivity index (χ1v) is 12.1. The average molecular weight is 472 g/mol. The molecule has 0 unspecified atom stereocenters. The van der Waals surface area contributed by atoms with Crippen LogP contribution in [0, 0.1) is 10.8 Å². The lowest BCUT2D eigenvalue weighted by Crippen LogP contribution is -2.42. The van der Waals surface area contributed by atoms with Crippen molar-refractivity contribution >= 4 is 23.2 Å². The van der Waals surface area contributed by atoms with Crippen LogP contribution in [-0.4, -0.2) is 25.3 Å². The van der Waals surface area contributed by atoms with Crippen LogP contribution < -0.4 is 14.8 Å². The van der Waals surface area contributed by atoms with Crippen molar-refractivity contribution in [1.29, 1.82) is 0 Å². The van der Waals surface area contributed by atoms with E-state index in [9.17, 15) is 9.59 Å². The third kappa shape index (κ3) is 4.44. The quantitative estimate of drug-likeness (QED) is 0.561. The van der Waals surface area contributed by atoms with Gasteiger partial charge in [0.2, 0.25) is 0 Å². The minimum absolute atomic E-state index is 0.0873. The summed E-state index contributed by atoms with van der Waals surface area (Å²) in [6.07, 6.45) is 3.28. The molecule has 4 rings (SSSR count). The number of ketones is 2. The van der Waals surface area contributed by atoms with Crippen molar-refractivity contribution in [3.63, 3.8) is 0 Å². The molecule has 0 bridgehead atoms. The van der Waals surface area contributed by atoms with Crippen molar-refractivity contribution in [2.24, 2.45) is 10.8 Å². The highest BCUT2D eigenvalue weighted by Crippen LogP contribution is 2.52. The standard InChI is InChI=1S/C27H34ClNO4/c1-7-8-33-25-16(28)9-15(10-21(25)32-6)22-23-17(11-26(2,3)13-19(23)30)29-18-12-27(4,5)14-20(31)24(18)22/h9-10,22,29H,7-8,11-14H2,1-6H3. The number of halogens is 1. The molecule has 0 fully saturated rings. The minimum atomic E-state index is -0.449. The molecule has 0 spiro atoms.